The average molecular weight is 289 g/mol. The van der Waals surface area contributed by atoms with Crippen LogP contribution in [0.1, 0.15) is 31.7 Å². The third-order valence-corrected chi connectivity index (χ3v) is 4.01. The van der Waals surface area contributed by atoms with Crippen molar-refractivity contribution in [2.24, 2.45) is 5.92 Å². The maximum atomic E-state index is 11.9. The van der Waals surface area contributed by atoms with Crippen molar-refractivity contribution in [3.63, 3.8) is 0 Å². The summed E-state index contributed by atoms with van der Waals surface area (Å²) in [5, 5.41) is 3.04. The number of hydrogen-bond donors (Lipinski definition) is 2. The second-order valence-electron chi connectivity index (χ2n) is 6.16. The van der Waals surface area contributed by atoms with Crippen LogP contribution in [0, 0.1) is 5.92 Å². The molecule has 1 aliphatic heterocycles. The van der Waals surface area contributed by atoms with Crippen LogP contribution in [0.2, 0.25) is 0 Å². The first-order valence-corrected chi connectivity index (χ1v) is 7.97. The number of aryl methyl sites for hydroxylation is 1. The number of carbonyl (C=O) groups excluding carboxylic acids is 1. The molecule has 116 valence electrons. The Kier molecular flexibility index (Phi) is 6.05. The van der Waals surface area contributed by atoms with Crippen LogP contribution in [0.3, 0.4) is 0 Å². The van der Waals surface area contributed by atoms with E-state index in [4.69, 9.17) is 5.73 Å². The number of benzene rings is 1. The molecule has 1 saturated heterocycles. The number of rotatable bonds is 7. The lowest BCUT2D eigenvalue weighted by Crippen LogP contribution is -2.34. The lowest BCUT2D eigenvalue weighted by molar-refractivity contribution is -0.121. The Labute approximate surface area is 127 Å². The number of anilines is 1. The number of nitrogens with zero attached hydrogens (tertiary/aromatic N) is 1. The molecule has 1 aromatic carbocycles. The second-order valence-corrected chi connectivity index (χ2v) is 6.16. The maximum absolute atomic E-state index is 11.9. The van der Waals surface area contributed by atoms with Gasteiger partial charge < -0.3 is 16.0 Å². The molecule has 1 heterocycles. The highest BCUT2D eigenvalue weighted by atomic mass is 16.1. The molecule has 0 aromatic heterocycles. The van der Waals surface area contributed by atoms with Crippen LogP contribution in [0.15, 0.2) is 24.3 Å². The molecular formula is C17H27N3O. The van der Waals surface area contributed by atoms with Gasteiger partial charge in [-0.3, -0.25) is 4.79 Å². The molecule has 0 saturated carbocycles. The number of likely N-dealkylation sites (tertiary alicyclic amines) is 1. The summed E-state index contributed by atoms with van der Waals surface area (Å²) in [6, 6.07) is 7.74. The third kappa shape index (κ3) is 5.76. The van der Waals surface area contributed by atoms with E-state index in [1.54, 1.807) is 0 Å². The zero-order valence-electron chi connectivity index (χ0n) is 13.0. The van der Waals surface area contributed by atoms with E-state index in [1.165, 1.54) is 25.9 Å². The molecule has 1 aliphatic rings. The van der Waals surface area contributed by atoms with E-state index in [0.29, 0.717) is 12.3 Å². The monoisotopic (exact) mass is 289 g/mol. The highest BCUT2D eigenvalue weighted by Gasteiger charge is 2.15. The van der Waals surface area contributed by atoms with Gasteiger partial charge in [-0.05, 0) is 56.0 Å². The van der Waals surface area contributed by atoms with Gasteiger partial charge >= 0.3 is 0 Å². The predicted octanol–water partition coefficient (Wildman–Crippen LogP) is 2.05. The van der Waals surface area contributed by atoms with Gasteiger partial charge in [-0.1, -0.05) is 19.1 Å². The molecule has 1 fully saturated rings. The fourth-order valence-corrected chi connectivity index (χ4v) is 2.85. The SMILES string of the molecule is CC(CNC(=O)CCc1cccc(N)c1)CN1CCCC1. The second kappa shape index (κ2) is 8.03. The Morgan fingerprint density at radius 3 is 2.86 bits per heavy atom. The highest BCUT2D eigenvalue weighted by molar-refractivity contribution is 5.76. The van der Waals surface area contributed by atoms with Crippen LogP contribution in [0.4, 0.5) is 5.69 Å². The van der Waals surface area contributed by atoms with Crippen molar-refractivity contribution in [2.75, 3.05) is 31.9 Å². The summed E-state index contributed by atoms with van der Waals surface area (Å²) >= 11 is 0. The first-order chi connectivity index (χ1) is 10.1. The van der Waals surface area contributed by atoms with Crippen molar-refractivity contribution in [3.8, 4) is 0 Å². The zero-order chi connectivity index (χ0) is 15.1. The Balaban J connectivity index is 1.62. The molecule has 0 radical (unpaired) electrons. The summed E-state index contributed by atoms with van der Waals surface area (Å²) in [6.07, 6.45) is 3.91. The third-order valence-electron chi connectivity index (χ3n) is 4.01. The van der Waals surface area contributed by atoms with Crippen LogP contribution in [0.25, 0.3) is 0 Å². The van der Waals surface area contributed by atoms with E-state index in [9.17, 15) is 4.79 Å². The van der Waals surface area contributed by atoms with Gasteiger partial charge in [-0.2, -0.15) is 0 Å². The Bertz CT molecular complexity index is 455. The number of nitrogens with one attached hydrogen (secondary N) is 1. The summed E-state index contributed by atoms with van der Waals surface area (Å²) in [5.41, 5.74) is 7.61. The van der Waals surface area contributed by atoms with Crippen molar-refractivity contribution < 1.29 is 4.79 Å². The fourth-order valence-electron chi connectivity index (χ4n) is 2.85. The van der Waals surface area contributed by atoms with Crippen molar-refractivity contribution in [2.45, 2.75) is 32.6 Å². The molecule has 2 rings (SSSR count). The van der Waals surface area contributed by atoms with Crippen LogP contribution in [-0.2, 0) is 11.2 Å². The van der Waals surface area contributed by atoms with E-state index in [1.807, 2.05) is 24.3 Å². The van der Waals surface area contributed by atoms with Crippen molar-refractivity contribution in [3.05, 3.63) is 29.8 Å². The molecule has 21 heavy (non-hydrogen) atoms. The number of nitrogen functional groups attached to an aromatic ring is 1. The number of hydrogen-bond acceptors (Lipinski definition) is 3. The number of nitrogens with two attached hydrogens (primary N) is 1. The lowest BCUT2D eigenvalue weighted by atomic mass is 10.1. The number of amides is 1. The maximum Gasteiger partial charge on any atom is 0.220 e. The largest absolute Gasteiger partial charge is 0.399 e. The molecule has 0 bridgehead atoms. The van der Waals surface area contributed by atoms with Crippen molar-refractivity contribution in [1.29, 1.82) is 0 Å². The molecular weight excluding hydrogens is 262 g/mol. The van der Waals surface area contributed by atoms with Gasteiger partial charge in [0.1, 0.15) is 0 Å². The van der Waals surface area contributed by atoms with E-state index in [0.717, 1.165) is 30.8 Å². The fraction of sp³-hybridized carbons (Fsp3) is 0.588. The summed E-state index contributed by atoms with van der Waals surface area (Å²) < 4.78 is 0. The minimum absolute atomic E-state index is 0.130. The minimum atomic E-state index is 0.130. The quantitative estimate of drug-likeness (QED) is 0.755. The average Bonchev–Trinajstić information content (AvgIpc) is 2.96. The summed E-state index contributed by atoms with van der Waals surface area (Å²) in [4.78, 5) is 14.4. The molecule has 4 nitrogen and oxygen atoms in total. The van der Waals surface area contributed by atoms with Gasteiger partial charge in [0.15, 0.2) is 0 Å². The Morgan fingerprint density at radius 1 is 1.38 bits per heavy atom. The van der Waals surface area contributed by atoms with Gasteiger partial charge in [0.05, 0.1) is 0 Å². The smallest absolute Gasteiger partial charge is 0.220 e. The summed E-state index contributed by atoms with van der Waals surface area (Å²) in [7, 11) is 0. The van der Waals surface area contributed by atoms with Crippen LogP contribution >= 0.6 is 0 Å². The molecule has 0 spiro atoms. The van der Waals surface area contributed by atoms with Crippen LogP contribution in [-0.4, -0.2) is 37.0 Å². The summed E-state index contributed by atoms with van der Waals surface area (Å²) in [5.74, 6) is 0.644. The topological polar surface area (TPSA) is 58.4 Å². The minimum Gasteiger partial charge on any atom is -0.399 e. The highest BCUT2D eigenvalue weighted by Crippen LogP contribution is 2.10. The van der Waals surface area contributed by atoms with Crippen molar-refractivity contribution in [1.82, 2.24) is 10.2 Å². The normalized spacial score (nSPS) is 16.8. The van der Waals surface area contributed by atoms with Crippen LogP contribution < -0.4 is 11.1 Å². The molecule has 1 unspecified atom stereocenters. The predicted molar refractivity (Wildman–Crippen MR) is 87.0 cm³/mol. The molecule has 1 atom stereocenters. The molecule has 4 heteroatoms. The van der Waals surface area contributed by atoms with E-state index in [-0.39, 0.29) is 5.91 Å². The standard InChI is InChI=1S/C17H27N3O/c1-14(13-20-9-2-3-10-20)12-19-17(21)8-7-15-5-4-6-16(18)11-15/h4-6,11,14H,2-3,7-10,12-13,18H2,1H3,(H,19,21). The van der Waals surface area contributed by atoms with E-state index in [2.05, 4.69) is 17.1 Å². The molecule has 3 N–H and O–H groups in total. The van der Waals surface area contributed by atoms with Gasteiger partial charge in [0.2, 0.25) is 5.91 Å². The summed E-state index contributed by atoms with van der Waals surface area (Å²) in [6.45, 7) is 6.50. The molecule has 1 aromatic rings. The first-order valence-electron chi connectivity index (χ1n) is 7.97. The Hall–Kier alpha value is -1.55. The van der Waals surface area contributed by atoms with Gasteiger partial charge in [-0.15, -0.1) is 0 Å². The van der Waals surface area contributed by atoms with Gasteiger partial charge in [0, 0.05) is 25.2 Å². The van der Waals surface area contributed by atoms with Crippen molar-refractivity contribution >= 4 is 11.6 Å². The zero-order valence-corrected chi connectivity index (χ0v) is 13.0. The van der Waals surface area contributed by atoms with Crippen LogP contribution in [0.5, 0.6) is 0 Å². The first kappa shape index (κ1) is 15.8. The van der Waals surface area contributed by atoms with E-state index >= 15 is 0 Å². The lowest BCUT2D eigenvalue weighted by Gasteiger charge is -2.20. The molecule has 1 amide bonds. The van der Waals surface area contributed by atoms with E-state index < -0.39 is 0 Å². The Morgan fingerprint density at radius 2 is 2.14 bits per heavy atom. The molecule has 0 aliphatic carbocycles. The number of carbonyl (C=O) groups is 1. The van der Waals surface area contributed by atoms with Gasteiger partial charge in [0.25, 0.3) is 0 Å². The van der Waals surface area contributed by atoms with Gasteiger partial charge in [-0.25, -0.2) is 0 Å².